The van der Waals surface area contributed by atoms with Gasteiger partial charge in [-0.15, -0.1) is 0 Å². The summed E-state index contributed by atoms with van der Waals surface area (Å²) in [5.41, 5.74) is 0.823. The molecule has 0 aliphatic carbocycles. The second kappa shape index (κ2) is 6.37. The average molecular weight is 278 g/mol. The molecule has 1 aromatic carbocycles. The van der Waals surface area contributed by atoms with Crippen LogP contribution in [0.1, 0.15) is 5.56 Å². The van der Waals surface area contributed by atoms with Crippen LogP contribution in [0.2, 0.25) is 0 Å². The molecule has 19 heavy (non-hydrogen) atoms. The molecule has 0 aliphatic heterocycles. The molecule has 5 nitrogen and oxygen atoms in total. The van der Waals surface area contributed by atoms with E-state index in [-0.39, 0.29) is 18.8 Å². The van der Waals surface area contributed by atoms with Crippen LogP contribution in [0.4, 0.5) is 24.5 Å². The van der Waals surface area contributed by atoms with Crippen molar-refractivity contribution >= 4 is 11.4 Å². The minimum absolute atomic E-state index is 0.0573. The molecule has 1 N–H and O–H groups in total. The van der Waals surface area contributed by atoms with Crippen molar-refractivity contribution in [3.8, 4) is 0 Å². The fraction of sp³-hybridized carbons (Fsp3) is 0.455. The maximum Gasteiger partial charge on any atom is 0.411 e. The number of para-hydroxylation sites is 1. The largest absolute Gasteiger partial charge is 0.411 e. The normalized spacial score (nSPS) is 11.4. The topological polar surface area (TPSA) is 64.4 Å². The predicted octanol–water partition coefficient (Wildman–Crippen LogP) is 2.89. The lowest BCUT2D eigenvalue weighted by molar-refractivity contribution is -0.384. The molecular formula is C11H13F3N2O3. The lowest BCUT2D eigenvalue weighted by atomic mass is 10.1. The van der Waals surface area contributed by atoms with Crippen LogP contribution in [0.3, 0.4) is 0 Å². The molecule has 8 heteroatoms. The van der Waals surface area contributed by atoms with E-state index in [0.29, 0.717) is 11.3 Å². The van der Waals surface area contributed by atoms with E-state index in [0.717, 1.165) is 0 Å². The summed E-state index contributed by atoms with van der Waals surface area (Å²) < 4.78 is 39.8. The summed E-state index contributed by atoms with van der Waals surface area (Å²) in [5.74, 6) is 0. The van der Waals surface area contributed by atoms with Gasteiger partial charge in [0, 0.05) is 12.6 Å². The highest BCUT2D eigenvalue weighted by Gasteiger charge is 2.27. The Morgan fingerprint density at radius 3 is 2.68 bits per heavy atom. The highest BCUT2D eigenvalue weighted by molar-refractivity contribution is 5.65. The van der Waals surface area contributed by atoms with Crippen molar-refractivity contribution in [2.24, 2.45) is 0 Å². The Hall–Kier alpha value is -1.83. The predicted molar refractivity (Wildman–Crippen MR) is 63.2 cm³/mol. The molecule has 0 aromatic heterocycles. The zero-order valence-electron chi connectivity index (χ0n) is 10.2. The first-order valence-corrected chi connectivity index (χ1v) is 5.43. The zero-order valence-corrected chi connectivity index (χ0v) is 10.2. The smallest absolute Gasteiger partial charge is 0.377 e. The standard InChI is InChI=1S/C11H13F3N2O3/c1-8-3-2-4-9(16(17)18)10(8)15-5-6-19-7-11(12,13)14/h2-4,15H,5-7H2,1H3. The Bertz CT molecular complexity index is 449. The molecule has 0 atom stereocenters. The highest BCUT2D eigenvalue weighted by atomic mass is 19.4. The fourth-order valence-electron chi connectivity index (χ4n) is 1.47. The van der Waals surface area contributed by atoms with Crippen LogP contribution in [0.15, 0.2) is 18.2 Å². The number of alkyl halides is 3. The van der Waals surface area contributed by atoms with Gasteiger partial charge in [0.2, 0.25) is 0 Å². The SMILES string of the molecule is Cc1cccc([N+](=O)[O-])c1NCCOCC(F)(F)F. The molecule has 0 heterocycles. The van der Waals surface area contributed by atoms with Crippen molar-refractivity contribution < 1.29 is 22.8 Å². The number of ether oxygens (including phenoxy) is 1. The number of hydrogen-bond donors (Lipinski definition) is 1. The Kier molecular flexibility index (Phi) is 5.11. The van der Waals surface area contributed by atoms with E-state index in [1.807, 2.05) is 0 Å². The van der Waals surface area contributed by atoms with E-state index in [1.54, 1.807) is 19.1 Å². The summed E-state index contributed by atoms with van der Waals surface area (Å²) in [7, 11) is 0. The maximum absolute atomic E-state index is 11.8. The number of hydrogen-bond acceptors (Lipinski definition) is 4. The van der Waals surface area contributed by atoms with Gasteiger partial charge < -0.3 is 10.1 Å². The second-order valence-electron chi connectivity index (χ2n) is 3.82. The molecular weight excluding hydrogens is 265 g/mol. The molecule has 0 fully saturated rings. The first-order valence-electron chi connectivity index (χ1n) is 5.43. The first-order chi connectivity index (χ1) is 8.81. The van der Waals surface area contributed by atoms with Crippen molar-refractivity contribution in [2.75, 3.05) is 25.1 Å². The molecule has 0 amide bonds. The second-order valence-corrected chi connectivity index (χ2v) is 3.82. The number of nitro groups is 1. The van der Waals surface area contributed by atoms with Crippen LogP contribution in [0.25, 0.3) is 0 Å². The molecule has 0 unspecified atom stereocenters. The number of nitrogens with zero attached hydrogens (tertiary/aromatic N) is 1. The maximum atomic E-state index is 11.8. The van der Waals surface area contributed by atoms with Crippen LogP contribution >= 0.6 is 0 Å². The molecule has 0 aliphatic rings. The van der Waals surface area contributed by atoms with Gasteiger partial charge in [-0.25, -0.2) is 0 Å². The summed E-state index contributed by atoms with van der Waals surface area (Å²) in [4.78, 5) is 10.2. The van der Waals surface area contributed by atoms with Gasteiger partial charge in [-0.05, 0) is 12.5 Å². The first kappa shape index (κ1) is 15.2. The summed E-state index contributed by atoms with van der Waals surface area (Å²) in [6.07, 6.45) is -4.37. The summed E-state index contributed by atoms with van der Waals surface area (Å²) in [5, 5.41) is 13.5. The molecule has 1 rings (SSSR count). The van der Waals surface area contributed by atoms with Gasteiger partial charge in [0.05, 0.1) is 11.5 Å². The van der Waals surface area contributed by atoms with E-state index in [2.05, 4.69) is 10.1 Å². The van der Waals surface area contributed by atoms with Crippen molar-refractivity contribution in [1.29, 1.82) is 0 Å². The van der Waals surface area contributed by atoms with Gasteiger partial charge in [0.15, 0.2) is 0 Å². The Balaban J connectivity index is 2.52. The number of anilines is 1. The Morgan fingerprint density at radius 1 is 1.42 bits per heavy atom. The van der Waals surface area contributed by atoms with E-state index < -0.39 is 17.7 Å². The summed E-state index contributed by atoms with van der Waals surface area (Å²) in [6.45, 7) is 0.212. The third-order valence-corrected chi connectivity index (χ3v) is 2.26. The average Bonchev–Trinajstić information content (AvgIpc) is 2.28. The number of benzene rings is 1. The third kappa shape index (κ3) is 5.12. The minimum atomic E-state index is -4.37. The molecule has 0 bridgehead atoms. The van der Waals surface area contributed by atoms with Gasteiger partial charge in [0.1, 0.15) is 12.3 Å². The van der Waals surface area contributed by atoms with Gasteiger partial charge in [0.25, 0.3) is 5.69 Å². The van der Waals surface area contributed by atoms with Crippen LogP contribution in [0.5, 0.6) is 0 Å². The number of halogens is 3. The Labute approximate surface area is 107 Å². The van der Waals surface area contributed by atoms with Crippen LogP contribution < -0.4 is 5.32 Å². The monoisotopic (exact) mass is 278 g/mol. The zero-order chi connectivity index (χ0) is 14.5. The molecule has 0 saturated carbocycles. The van der Waals surface area contributed by atoms with Crippen molar-refractivity contribution in [3.63, 3.8) is 0 Å². The van der Waals surface area contributed by atoms with Crippen LogP contribution in [-0.4, -0.2) is 30.9 Å². The number of nitro benzene ring substituents is 1. The van der Waals surface area contributed by atoms with Gasteiger partial charge >= 0.3 is 6.18 Å². The van der Waals surface area contributed by atoms with Gasteiger partial charge in [-0.1, -0.05) is 12.1 Å². The highest BCUT2D eigenvalue weighted by Crippen LogP contribution is 2.27. The molecule has 0 radical (unpaired) electrons. The lowest BCUT2D eigenvalue weighted by Crippen LogP contribution is -2.20. The number of nitrogens with one attached hydrogen (secondary N) is 1. The lowest BCUT2D eigenvalue weighted by Gasteiger charge is -2.11. The molecule has 1 aromatic rings. The molecule has 0 saturated heterocycles. The van der Waals surface area contributed by atoms with Crippen molar-refractivity contribution in [3.05, 3.63) is 33.9 Å². The number of aryl methyl sites for hydroxylation is 1. The minimum Gasteiger partial charge on any atom is -0.377 e. The van der Waals surface area contributed by atoms with Crippen LogP contribution in [0, 0.1) is 17.0 Å². The van der Waals surface area contributed by atoms with Crippen molar-refractivity contribution in [1.82, 2.24) is 0 Å². The quantitative estimate of drug-likeness (QED) is 0.493. The van der Waals surface area contributed by atoms with E-state index in [4.69, 9.17) is 0 Å². The van der Waals surface area contributed by atoms with Crippen LogP contribution in [-0.2, 0) is 4.74 Å². The van der Waals surface area contributed by atoms with E-state index in [9.17, 15) is 23.3 Å². The molecule has 106 valence electrons. The number of rotatable bonds is 6. The van der Waals surface area contributed by atoms with Gasteiger partial charge in [-0.3, -0.25) is 10.1 Å². The third-order valence-electron chi connectivity index (χ3n) is 2.26. The molecule has 0 spiro atoms. The summed E-state index contributed by atoms with van der Waals surface area (Å²) in [6, 6.07) is 4.54. The van der Waals surface area contributed by atoms with E-state index in [1.165, 1.54) is 6.07 Å². The van der Waals surface area contributed by atoms with Gasteiger partial charge in [-0.2, -0.15) is 13.2 Å². The summed E-state index contributed by atoms with van der Waals surface area (Å²) >= 11 is 0. The Morgan fingerprint density at radius 2 is 2.11 bits per heavy atom. The van der Waals surface area contributed by atoms with E-state index >= 15 is 0 Å². The van der Waals surface area contributed by atoms with Crippen molar-refractivity contribution in [2.45, 2.75) is 13.1 Å². The fourth-order valence-corrected chi connectivity index (χ4v) is 1.47.